The van der Waals surface area contributed by atoms with Crippen LogP contribution in [0.15, 0.2) is 12.1 Å². The molecule has 0 spiro atoms. The van der Waals surface area contributed by atoms with E-state index < -0.39 is 0 Å². The van der Waals surface area contributed by atoms with Gasteiger partial charge in [-0.05, 0) is 23.6 Å². The molecule has 1 saturated heterocycles. The highest BCUT2D eigenvalue weighted by Gasteiger charge is 2.31. The average molecular weight is 339 g/mol. The van der Waals surface area contributed by atoms with Crippen LogP contribution in [-0.2, 0) is 4.79 Å². The third kappa shape index (κ3) is 3.86. The number of methoxy groups -OCH3 is 3. The summed E-state index contributed by atoms with van der Waals surface area (Å²) in [5.41, 5.74) is 0.998. The van der Waals surface area contributed by atoms with Crippen molar-refractivity contribution in [3.63, 3.8) is 0 Å². The summed E-state index contributed by atoms with van der Waals surface area (Å²) >= 11 is 1.78. The predicted octanol–water partition coefficient (Wildman–Crippen LogP) is 3.33. The van der Waals surface area contributed by atoms with Crippen LogP contribution in [-0.4, -0.2) is 44.4 Å². The number of hydrogen-bond donors (Lipinski definition) is 0. The van der Waals surface area contributed by atoms with Crippen molar-refractivity contribution in [2.24, 2.45) is 5.92 Å². The average Bonchev–Trinajstić information content (AvgIpc) is 2.54. The van der Waals surface area contributed by atoms with Crippen LogP contribution in [0.5, 0.6) is 17.2 Å². The first-order valence-corrected chi connectivity index (χ1v) is 8.77. The number of ether oxygens (including phenoxy) is 3. The van der Waals surface area contributed by atoms with E-state index in [1.807, 2.05) is 17.0 Å². The van der Waals surface area contributed by atoms with Crippen LogP contribution in [0.4, 0.5) is 0 Å². The Morgan fingerprint density at radius 3 is 2.26 bits per heavy atom. The van der Waals surface area contributed by atoms with Gasteiger partial charge in [-0.25, -0.2) is 0 Å². The Balaban J connectivity index is 2.43. The van der Waals surface area contributed by atoms with E-state index in [1.54, 1.807) is 33.1 Å². The Labute approximate surface area is 142 Å². The van der Waals surface area contributed by atoms with E-state index in [0.29, 0.717) is 29.6 Å². The fraction of sp³-hybridized carbons (Fsp3) is 0.588. The minimum atomic E-state index is -0.0210. The van der Waals surface area contributed by atoms with Crippen LogP contribution >= 0.6 is 11.8 Å². The molecule has 1 atom stereocenters. The van der Waals surface area contributed by atoms with Crippen molar-refractivity contribution >= 4 is 17.7 Å². The second-order valence-corrected chi connectivity index (χ2v) is 7.06. The SMILES string of the molecule is COc1cc(C2SCCC(=O)N2CC(C)C)cc(OC)c1OC. The third-order valence-corrected chi connectivity index (χ3v) is 5.01. The summed E-state index contributed by atoms with van der Waals surface area (Å²) in [4.78, 5) is 14.3. The quantitative estimate of drug-likeness (QED) is 0.795. The molecule has 0 saturated carbocycles. The summed E-state index contributed by atoms with van der Waals surface area (Å²) in [6, 6.07) is 3.87. The van der Waals surface area contributed by atoms with Crippen molar-refractivity contribution in [2.75, 3.05) is 33.6 Å². The molecule has 0 aliphatic carbocycles. The standard InChI is InChI=1S/C17H25NO4S/c1-11(2)10-18-15(19)6-7-23-17(18)12-8-13(20-3)16(22-5)14(9-12)21-4/h8-9,11,17H,6-7,10H2,1-5H3. The van der Waals surface area contributed by atoms with Gasteiger partial charge in [0.25, 0.3) is 0 Å². The van der Waals surface area contributed by atoms with Gasteiger partial charge in [0.1, 0.15) is 5.37 Å². The molecule has 1 aromatic carbocycles. The first-order chi connectivity index (χ1) is 11.0. The van der Waals surface area contributed by atoms with E-state index in [9.17, 15) is 4.79 Å². The van der Waals surface area contributed by atoms with Gasteiger partial charge in [-0.15, -0.1) is 11.8 Å². The van der Waals surface area contributed by atoms with Crippen LogP contribution in [0.2, 0.25) is 0 Å². The van der Waals surface area contributed by atoms with E-state index in [1.165, 1.54) is 0 Å². The number of carbonyl (C=O) groups excluding carboxylic acids is 1. The highest BCUT2D eigenvalue weighted by atomic mass is 32.2. The van der Waals surface area contributed by atoms with Crippen molar-refractivity contribution in [2.45, 2.75) is 25.6 Å². The van der Waals surface area contributed by atoms with Gasteiger partial charge >= 0.3 is 0 Å². The topological polar surface area (TPSA) is 48.0 Å². The molecular weight excluding hydrogens is 314 g/mol. The smallest absolute Gasteiger partial charge is 0.224 e. The van der Waals surface area contributed by atoms with Crippen LogP contribution in [0.3, 0.4) is 0 Å². The maximum atomic E-state index is 12.4. The number of amides is 1. The largest absolute Gasteiger partial charge is 0.493 e. The van der Waals surface area contributed by atoms with Gasteiger partial charge in [-0.3, -0.25) is 4.79 Å². The van der Waals surface area contributed by atoms with Gasteiger partial charge in [0.05, 0.1) is 21.3 Å². The number of nitrogens with zero attached hydrogens (tertiary/aromatic N) is 1. The van der Waals surface area contributed by atoms with Gasteiger partial charge in [-0.2, -0.15) is 0 Å². The molecule has 1 unspecified atom stereocenters. The number of thioether (sulfide) groups is 1. The molecule has 0 N–H and O–H groups in total. The van der Waals surface area contributed by atoms with E-state index in [4.69, 9.17) is 14.2 Å². The molecule has 1 aliphatic rings. The van der Waals surface area contributed by atoms with Crippen LogP contribution in [0.1, 0.15) is 31.2 Å². The minimum Gasteiger partial charge on any atom is -0.493 e. The zero-order valence-electron chi connectivity index (χ0n) is 14.4. The lowest BCUT2D eigenvalue weighted by atomic mass is 10.1. The molecule has 1 fully saturated rings. The van der Waals surface area contributed by atoms with Gasteiger partial charge in [0.15, 0.2) is 11.5 Å². The number of benzene rings is 1. The summed E-state index contributed by atoms with van der Waals surface area (Å²) in [5.74, 6) is 3.25. The van der Waals surface area contributed by atoms with Crippen LogP contribution in [0.25, 0.3) is 0 Å². The summed E-state index contributed by atoms with van der Waals surface area (Å²) < 4.78 is 16.2. The fourth-order valence-corrected chi connectivity index (χ4v) is 3.96. The zero-order chi connectivity index (χ0) is 17.0. The molecule has 23 heavy (non-hydrogen) atoms. The summed E-state index contributed by atoms with van der Waals surface area (Å²) in [7, 11) is 4.79. The van der Waals surface area contributed by atoms with E-state index >= 15 is 0 Å². The molecular formula is C17H25NO4S. The predicted molar refractivity (Wildman–Crippen MR) is 92.5 cm³/mol. The minimum absolute atomic E-state index is 0.0210. The molecule has 128 valence electrons. The third-order valence-electron chi connectivity index (χ3n) is 3.73. The highest BCUT2D eigenvalue weighted by Crippen LogP contribution is 2.45. The normalized spacial score (nSPS) is 18.3. The van der Waals surface area contributed by atoms with Crippen molar-refractivity contribution in [3.8, 4) is 17.2 Å². The van der Waals surface area contributed by atoms with E-state index in [0.717, 1.165) is 17.9 Å². The van der Waals surface area contributed by atoms with Crippen LogP contribution in [0, 0.1) is 5.92 Å². The zero-order valence-corrected chi connectivity index (χ0v) is 15.2. The molecule has 0 bridgehead atoms. The van der Waals surface area contributed by atoms with Crippen molar-refractivity contribution in [1.29, 1.82) is 0 Å². The second-order valence-electron chi connectivity index (χ2n) is 5.87. The van der Waals surface area contributed by atoms with Crippen molar-refractivity contribution in [3.05, 3.63) is 17.7 Å². The Morgan fingerprint density at radius 1 is 1.17 bits per heavy atom. The second kappa shape index (κ2) is 7.81. The molecule has 6 heteroatoms. The monoisotopic (exact) mass is 339 g/mol. The Bertz CT molecular complexity index is 537. The van der Waals surface area contributed by atoms with Gasteiger partial charge in [0.2, 0.25) is 11.7 Å². The van der Waals surface area contributed by atoms with E-state index in [-0.39, 0.29) is 11.3 Å². The summed E-state index contributed by atoms with van der Waals surface area (Å²) in [6.07, 6.45) is 0.596. The lowest BCUT2D eigenvalue weighted by Crippen LogP contribution is -2.39. The molecule has 5 nitrogen and oxygen atoms in total. The molecule has 2 rings (SSSR count). The fourth-order valence-electron chi connectivity index (χ4n) is 2.73. The first kappa shape index (κ1) is 17.8. The molecule has 0 aromatic heterocycles. The first-order valence-electron chi connectivity index (χ1n) is 7.72. The van der Waals surface area contributed by atoms with Crippen molar-refractivity contribution in [1.82, 2.24) is 4.90 Å². The summed E-state index contributed by atoms with van der Waals surface area (Å²) in [6.45, 7) is 4.99. The Kier molecular flexibility index (Phi) is 6.04. The van der Waals surface area contributed by atoms with E-state index in [2.05, 4.69) is 13.8 Å². The lowest BCUT2D eigenvalue weighted by molar-refractivity contribution is -0.132. The van der Waals surface area contributed by atoms with Gasteiger partial charge in [0, 0.05) is 18.7 Å². The van der Waals surface area contributed by atoms with Crippen LogP contribution < -0.4 is 14.2 Å². The van der Waals surface area contributed by atoms with Gasteiger partial charge in [-0.1, -0.05) is 13.8 Å². The Morgan fingerprint density at radius 2 is 1.78 bits per heavy atom. The lowest BCUT2D eigenvalue weighted by Gasteiger charge is -2.37. The molecule has 0 radical (unpaired) electrons. The van der Waals surface area contributed by atoms with Gasteiger partial charge < -0.3 is 19.1 Å². The summed E-state index contributed by atoms with van der Waals surface area (Å²) in [5, 5.41) is -0.0210. The maximum Gasteiger partial charge on any atom is 0.224 e. The molecule has 1 aliphatic heterocycles. The number of hydrogen-bond acceptors (Lipinski definition) is 5. The molecule has 1 aromatic rings. The maximum absolute atomic E-state index is 12.4. The molecule has 1 heterocycles. The number of rotatable bonds is 6. The molecule has 1 amide bonds. The highest BCUT2D eigenvalue weighted by molar-refractivity contribution is 7.99. The Hall–Kier alpha value is -1.56. The number of carbonyl (C=O) groups is 1. The van der Waals surface area contributed by atoms with Crippen molar-refractivity contribution < 1.29 is 19.0 Å².